The normalized spacial score (nSPS) is 23.8. The van der Waals surface area contributed by atoms with Crippen molar-refractivity contribution in [2.24, 2.45) is 11.8 Å². The summed E-state index contributed by atoms with van der Waals surface area (Å²) >= 11 is 0. The summed E-state index contributed by atoms with van der Waals surface area (Å²) in [5.41, 5.74) is 0. The van der Waals surface area contributed by atoms with Crippen LogP contribution in [0.4, 0.5) is 5.82 Å². The van der Waals surface area contributed by atoms with Crippen molar-refractivity contribution in [2.75, 3.05) is 18.4 Å². The maximum Gasteiger partial charge on any atom is 0.225 e. The van der Waals surface area contributed by atoms with E-state index in [1.165, 1.54) is 19.3 Å². The Bertz CT molecular complexity index is 460. The standard InChI is InChI=1S/C15H24N4O/c1-11(13-3-4-13)19-14(7-9-17-19)18-15(20)5-2-12-6-8-16-10-12/h7,9,11-13,16H,2-6,8,10H2,1H3,(H,18,20). The summed E-state index contributed by atoms with van der Waals surface area (Å²) < 4.78 is 1.96. The van der Waals surface area contributed by atoms with E-state index in [4.69, 9.17) is 0 Å². The van der Waals surface area contributed by atoms with E-state index in [9.17, 15) is 4.79 Å². The fourth-order valence-electron chi connectivity index (χ4n) is 3.02. The summed E-state index contributed by atoms with van der Waals surface area (Å²) in [6.07, 6.45) is 7.12. The van der Waals surface area contributed by atoms with Crippen LogP contribution in [0, 0.1) is 11.8 Å². The van der Waals surface area contributed by atoms with Gasteiger partial charge < -0.3 is 10.6 Å². The Morgan fingerprint density at radius 2 is 2.40 bits per heavy atom. The molecule has 1 saturated carbocycles. The molecule has 1 aliphatic carbocycles. The molecule has 1 amide bonds. The fourth-order valence-corrected chi connectivity index (χ4v) is 3.02. The van der Waals surface area contributed by atoms with Gasteiger partial charge in [-0.3, -0.25) is 4.79 Å². The zero-order valence-electron chi connectivity index (χ0n) is 12.1. The highest BCUT2D eigenvalue weighted by Gasteiger charge is 2.30. The van der Waals surface area contributed by atoms with Gasteiger partial charge in [-0.25, -0.2) is 4.68 Å². The molecule has 1 aromatic rings. The number of nitrogens with zero attached hydrogens (tertiary/aromatic N) is 2. The molecular formula is C15H24N4O. The molecule has 0 radical (unpaired) electrons. The van der Waals surface area contributed by atoms with Crippen LogP contribution in [0.15, 0.2) is 12.3 Å². The van der Waals surface area contributed by atoms with E-state index in [1.807, 2.05) is 10.7 Å². The number of amides is 1. The van der Waals surface area contributed by atoms with Gasteiger partial charge in [0.2, 0.25) is 5.91 Å². The third-order valence-corrected chi connectivity index (χ3v) is 4.57. The molecule has 0 spiro atoms. The molecule has 0 aromatic carbocycles. The average molecular weight is 276 g/mol. The van der Waals surface area contributed by atoms with Crippen LogP contribution in [0.5, 0.6) is 0 Å². The van der Waals surface area contributed by atoms with Gasteiger partial charge in [0.1, 0.15) is 5.82 Å². The molecule has 1 aromatic heterocycles. The Morgan fingerprint density at radius 3 is 3.10 bits per heavy atom. The maximum absolute atomic E-state index is 12.1. The molecule has 2 atom stereocenters. The van der Waals surface area contributed by atoms with Gasteiger partial charge >= 0.3 is 0 Å². The van der Waals surface area contributed by atoms with Crippen molar-refractivity contribution < 1.29 is 4.79 Å². The van der Waals surface area contributed by atoms with Crippen LogP contribution >= 0.6 is 0 Å². The number of anilines is 1. The molecule has 5 nitrogen and oxygen atoms in total. The van der Waals surface area contributed by atoms with E-state index in [2.05, 4.69) is 22.7 Å². The largest absolute Gasteiger partial charge is 0.316 e. The van der Waals surface area contributed by atoms with Gasteiger partial charge in [-0.05, 0) is 57.5 Å². The lowest BCUT2D eigenvalue weighted by atomic mass is 10.0. The molecule has 20 heavy (non-hydrogen) atoms. The molecular weight excluding hydrogens is 252 g/mol. The van der Waals surface area contributed by atoms with Crippen molar-refractivity contribution in [3.63, 3.8) is 0 Å². The lowest BCUT2D eigenvalue weighted by molar-refractivity contribution is -0.116. The minimum absolute atomic E-state index is 0.113. The molecule has 2 fully saturated rings. The van der Waals surface area contributed by atoms with Gasteiger partial charge in [-0.1, -0.05) is 0 Å². The molecule has 2 unspecified atom stereocenters. The molecule has 2 N–H and O–H groups in total. The molecule has 1 saturated heterocycles. The second kappa shape index (κ2) is 5.95. The first-order chi connectivity index (χ1) is 9.74. The van der Waals surface area contributed by atoms with Gasteiger partial charge in [-0.2, -0.15) is 5.10 Å². The smallest absolute Gasteiger partial charge is 0.225 e. The van der Waals surface area contributed by atoms with Crippen molar-refractivity contribution in [1.82, 2.24) is 15.1 Å². The van der Waals surface area contributed by atoms with E-state index in [1.54, 1.807) is 6.20 Å². The van der Waals surface area contributed by atoms with Crippen molar-refractivity contribution in [2.45, 2.75) is 45.1 Å². The van der Waals surface area contributed by atoms with Crippen molar-refractivity contribution >= 4 is 11.7 Å². The predicted octanol–water partition coefficient (Wildman–Crippen LogP) is 2.18. The van der Waals surface area contributed by atoms with Crippen LogP contribution in [0.3, 0.4) is 0 Å². The van der Waals surface area contributed by atoms with Crippen LogP contribution < -0.4 is 10.6 Å². The summed E-state index contributed by atoms with van der Waals surface area (Å²) in [5.74, 6) is 2.35. The molecule has 110 valence electrons. The first kappa shape index (κ1) is 13.6. The predicted molar refractivity (Wildman–Crippen MR) is 78.5 cm³/mol. The van der Waals surface area contributed by atoms with Gasteiger partial charge in [0.15, 0.2) is 0 Å². The Kier molecular flexibility index (Phi) is 4.05. The van der Waals surface area contributed by atoms with Crippen molar-refractivity contribution in [3.05, 3.63) is 12.3 Å². The third kappa shape index (κ3) is 3.20. The maximum atomic E-state index is 12.1. The summed E-state index contributed by atoms with van der Waals surface area (Å²) in [6.45, 7) is 4.34. The summed E-state index contributed by atoms with van der Waals surface area (Å²) in [6, 6.07) is 2.29. The van der Waals surface area contributed by atoms with Gasteiger partial charge in [0.05, 0.1) is 12.2 Å². The molecule has 3 rings (SSSR count). The number of aromatic nitrogens is 2. The van der Waals surface area contributed by atoms with Crippen LogP contribution in [-0.2, 0) is 4.79 Å². The Morgan fingerprint density at radius 1 is 1.55 bits per heavy atom. The van der Waals surface area contributed by atoms with E-state index < -0.39 is 0 Å². The lowest BCUT2D eigenvalue weighted by Gasteiger charge is -2.15. The number of rotatable bonds is 6. The van der Waals surface area contributed by atoms with Crippen molar-refractivity contribution in [1.29, 1.82) is 0 Å². The second-order valence-electron chi connectivity index (χ2n) is 6.18. The summed E-state index contributed by atoms with van der Waals surface area (Å²) in [7, 11) is 0. The highest BCUT2D eigenvalue weighted by Crippen LogP contribution is 2.40. The number of nitrogens with one attached hydrogen (secondary N) is 2. The van der Waals surface area contributed by atoms with Gasteiger partial charge in [0, 0.05) is 12.5 Å². The number of hydrogen-bond donors (Lipinski definition) is 2. The third-order valence-electron chi connectivity index (χ3n) is 4.57. The molecule has 2 aliphatic rings. The van der Waals surface area contributed by atoms with Crippen LogP contribution in [0.25, 0.3) is 0 Å². The quantitative estimate of drug-likeness (QED) is 0.837. The minimum Gasteiger partial charge on any atom is -0.316 e. The Hall–Kier alpha value is -1.36. The topological polar surface area (TPSA) is 59.0 Å². The second-order valence-corrected chi connectivity index (χ2v) is 6.18. The fraction of sp³-hybridized carbons (Fsp3) is 0.733. The summed E-state index contributed by atoms with van der Waals surface area (Å²) in [4.78, 5) is 12.1. The zero-order chi connectivity index (χ0) is 13.9. The monoisotopic (exact) mass is 276 g/mol. The van der Waals surface area contributed by atoms with Crippen LogP contribution in [0.1, 0.15) is 45.1 Å². The zero-order valence-corrected chi connectivity index (χ0v) is 12.1. The Labute approximate surface area is 120 Å². The highest BCUT2D eigenvalue weighted by molar-refractivity contribution is 5.89. The van der Waals surface area contributed by atoms with Gasteiger partial charge in [0.25, 0.3) is 0 Å². The van der Waals surface area contributed by atoms with Crippen LogP contribution in [-0.4, -0.2) is 28.8 Å². The Balaban J connectivity index is 1.51. The summed E-state index contributed by atoms with van der Waals surface area (Å²) in [5, 5.41) is 10.7. The molecule has 0 bridgehead atoms. The highest BCUT2D eigenvalue weighted by atomic mass is 16.1. The molecule has 1 aliphatic heterocycles. The number of carbonyl (C=O) groups excluding carboxylic acids is 1. The number of carbonyl (C=O) groups is 1. The van der Waals surface area contributed by atoms with E-state index >= 15 is 0 Å². The van der Waals surface area contributed by atoms with Crippen molar-refractivity contribution in [3.8, 4) is 0 Å². The number of hydrogen-bond acceptors (Lipinski definition) is 3. The average Bonchev–Trinajstić information content (AvgIpc) is 2.97. The first-order valence-corrected chi connectivity index (χ1v) is 7.78. The minimum atomic E-state index is 0.113. The molecule has 5 heteroatoms. The SMILES string of the molecule is CC(C1CC1)n1nccc1NC(=O)CCC1CCNC1. The lowest BCUT2D eigenvalue weighted by Crippen LogP contribution is -2.19. The first-order valence-electron chi connectivity index (χ1n) is 7.78. The van der Waals surface area contributed by atoms with E-state index in [0.717, 1.165) is 31.2 Å². The van der Waals surface area contributed by atoms with Crippen LogP contribution in [0.2, 0.25) is 0 Å². The van der Waals surface area contributed by atoms with E-state index in [-0.39, 0.29) is 5.91 Å². The van der Waals surface area contributed by atoms with E-state index in [0.29, 0.717) is 18.4 Å². The molecule has 2 heterocycles. The van der Waals surface area contributed by atoms with Gasteiger partial charge in [-0.15, -0.1) is 0 Å².